The molecule has 0 spiro atoms. The molecule has 0 N–H and O–H groups in total. The Morgan fingerprint density at radius 3 is 1.64 bits per heavy atom. The second-order valence-electron chi connectivity index (χ2n) is 1.78. The summed E-state index contributed by atoms with van der Waals surface area (Å²) < 4.78 is 25.2. The molecule has 0 bridgehead atoms. The van der Waals surface area contributed by atoms with E-state index in [1.54, 1.807) is 0 Å². The van der Waals surface area contributed by atoms with Crippen LogP contribution in [0.5, 0.6) is 0 Å². The number of benzene rings is 1. The van der Waals surface area contributed by atoms with Gasteiger partial charge in [-0.25, -0.2) is 8.78 Å². The molecule has 0 fully saturated rings. The van der Waals surface area contributed by atoms with Gasteiger partial charge in [-0.3, -0.25) is 0 Å². The highest BCUT2D eigenvalue weighted by atomic mass is 35.5. The van der Waals surface area contributed by atoms with Gasteiger partial charge in [-0.15, -0.1) is 0 Å². The molecule has 0 saturated carbocycles. The van der Waals surface area contributed by atoms with Crippen molar-refractivity contribution in [2.45, 2.75) is 0 Å². The van der Waals surface area contributed by atoms with Gasteiger partial charge in [0.05, 0.1) is 10.0 Å². The molecule has 0 aromatic heterocycles. The third-order valence-corrected chi connectivity index (χ3v) is 1.94. The summed E-state index contributed by atoms with van der Waals surface area (Å²) in [6.07, 6.45) is 0. The van der Waals surface area contributed by atoms with Crippen LogP contribution in [0.15, 0.2) is 6.07 Å². The smallest absolute Gasteiger partial charge is 0.163 e. The number of hydrogen-bond donors (Lipinski definition) is 0. The summed E-state index contributed by atoms with van der Waals surface area (Å²) in [6.45, 7) is 0. The van der Waals surface area contributed by atoms with Crippen LogP contribution in [-0.2, 0) is 0 Å². The first-order chi connectivity index (χ1) is 5.04. The summed E-state index contributed by atoms with van der Waals surface area (Å²) >= 11 is 15.7. The van der Waals surface area contributed by atoms with E-state index in [4.69, 9.17) is 34.8 Å². The molecule has 0 aliphatic heterocycles. The summed E-state index contributed by atoms with van der Waals surface area (Å²) in [4.78, 5) is 0. The Morgan fingerprint density at radius 2 is 1.27 bits per heavy atom. The van der Waals surface area contributed by atoms with Crippen molar-refractivity contribution < 1.29 is 8.78 Å². The first-order valence-electron chi connectivity index (χ1n) is 2.52. The van der Waals surface area contributed by atoms with E-state index in [1.165, 1.54) is 0 Å². The lowest BCUT2D eigenvalue weighted by atomic mass is 10.3. The Morgan fingerprint density at radius 1 is 0.909 bits per heavy atom. The molecule has 0 heterocycles. The zero-order valence-electron chi connectivity index (χ0n) is 4.97. The van der Waals surface area contributed by atoms with Crippen molar-refractivity contribution in [2.24, 2.45) is 0 Å². The molecule has 0 unspecified atom stereocenters. The lowest BCUT2D eigenvalue weighted by Gasteiger charge is -1.99. The molecule has 0 nitrogen and oxygen atoms in total. The van der Waals surface area contributed by atoms with Crippen LogP contribution in [0.3, 0.4) is 0 Å². The Kier molecular flexibility index (Phi) is 2.58. The van der Waals surface area contributed by atoms with Gasteiger partial charge < -0.3 is 0 Å². The average molecular weight is 217 g/mol. The summed E-state index contributed by atoms with van der Waals surface area (Å²) in [7, 11) is 0. The maximum absolute atomic E-state index is 12.6. The van der Waals surface area contributed by atoms with Gasteiger partial charge in [-0.05, 0) is 6.07 Å². The molecule has 0 atom stereocenters. The van der Waals surface area contributed by atoms with Crippen LogP contribution in [0.4, 0.5) is 8.78 Å². The first kappa shape index (κ1) is 9.04. The third kappa shape index (κ3) is 1.58. The maximum atomic E-state index is 12.6. The zero-order chi connectivity index (χ0) is 8.59. The van der Waals surface area contributed by atoms with E-state index >= 15 is 0 Å². The fourth-order valence-electron chi connectivity index (χ4n) is 0.544. The topological polar surface area (TPSA) is 0 Å². The SMILES string of the molecule is Fc1c(Cl)cc(Cl)c(F)c1Cl. The molecule has 0 amide bonds. The largest absolute Gasteiger partial charge is 0.204 e. The predicted octanol–water partition coefficient (Wildman–Crippen LogP) is 3.93. The lowest BCUT2D eigenvalue weighted by molar-refractivity contribution is 0.584. The molecule has 0 radical (unpaired) electrons. The van der Waals surface area contributed by atoms with Gasteiger partial charge in [0.15, 0.2) is 11.6 Å². The molecule has 1 aromatic carbocycles. The molecule has 1 aromatic rings. The van der Waals surface area contributed by atoms with E-state index in [1.807, 2.05) is 0 Å². The van der Waals surface area contributed by atoms with Gasteiger partial charge in [0.25, 0.3) is 0 Å². The number of halogens is 5. The van der Waals surface area contributed by atoms with Crippen molar-refractivity contribution in [3.05, 3.63) is 32.8 Å². The molecule has 11 heavy (non-hydrogen) atoms. The van der Waals surface area contributed by atoms with Crippen LogP contribution >= 0.6 is 34.8 Å². The van der Waals surface area contributed by atoms with Crippen molar-refractivity contribution in [3.8, 4) is 0 Å². The van der Waals surface area contributed by atoms with Gasteiger partial charge in [0.1, 0.15) is 5.02 Å². The van der Waals surface area contributed by atoms with E-state index in [9.17, 15) is 8.78 Å². The molecule has 60 valence electrons. The minimum absolute atomic E-state index is 0.290. The Balaban J connectivity index is 3.46. The average Bonchev–Trinajstić information content (AvgIpc) is 1.97. The number of rotatable bonds is 0. The fourth-order valence-corrected chi connectivity index (χ4v) is 1.31. The molecule has 0 saturated heterocycles. The quantitative estimate of drug-likeness (QED) is 0.456. The molecule has 0 aliphatic rings. The van der Waals surface area contributed by atoms with Gasteiger partial charge in [-0.1, -0.05) is 34.8 Å². The van der Waals surface area contributed by atoms with Crippen LogP contribution in [0.25, 0.3) is 0 Å². The van der Waals surface area contributed by atoms with E-state index < -0.39 is 16.7 Å². The monoisotopic (exact) mass is 216 g/mol. The van der Waals surface area contributed by atoms with E-state index in [0.717, 1.165) is 6.07 Å². The highest BCUT2D eigenvalue weighted by molar-refractivity contribution is 6.38. The van der Waals surface area contributed by atoms with E-state index in [-0.39, 0.29) is 10.0 Å². The minimum atomic E-state index is -0.991. The fraction of sp³-hybridized carbons (Fsp3) is 0. The summed E-state index contributed by atoms with van der Waals surface area (Å²) in [5, 5.41) is -1.26. The summed E-state index contributed by atoms with van der Waals surface area (Å²) in [6, 6.07) is 0.958. The van der Waals surface area contributed by atoms with Gasteiger partial charge in [0, 0.05) is 0 Å². The second kappa shape index (κ2) is 3.13. The second-order valence-corrected chi connectivity index (χ2v) is 2.97. The molecular weight excluding hydrogens is 216 g/mol. The van der Waals surface area contributed by atoms with Crippen molar-refractivity contribution >= 4 is 34.8 Å². The van der Waals surface area contributed by atoms with E-state index in [2.05, 4.69) is 0 Å². The highest BCUT2D eigenvalue weighted by Gasteiger charge is 2.14. The first-order valence-corrected chi connectivity index (χ1v) is 3.66. The summed E-state index contributed by atoms with van der Waals surface area (Å²) in [5.41, 5.74) is 0. The van der Waals surface area contributed by atoms with Crippen LogP contribution in [-0.4, -0.2) is 0 Å². The van der Waals surface area contributed by atoms with Gasteiger partial charge >= 0.3 is 0 Å². The third-order valence-electron chi connectivity index (χ3n) is 1.06. The number of hydrogen-bond acceptors (Lipinski definition) is 0. The van der Waals surface area contributed by atoms with Gasteiger partial charge in [-0.2, -0.15) is 0 Å². The Labute approximate surface area is 76.7 Å². The Hall–Kier alpha value is -0.0500. The maximum Gasteiger partial charge on any atom is 0.163 e. The van der Waals surface area contributed by atoms with Crippen molar-refractivity contribution in [2.75, 3.05) is 0 Å². The van der Waals surface area contributed by atoms with Crippen LogP contribution in [0.1, 0.15) is 0 Å². The molecular formula is C6HCl3F2. The molecule has 1 rings (SSSR count). The van der Waals surface area contributed by atoms with E-state index in [0.29, 0.717) is 0 Å². The van der Waals surface area contributed by atoms with Crippen LogP contribution in [0.2, 0.25) is 15.1 Å². The standard InChI is InChI=1S/C6HCl3F2/c7-2-1-3(8)6(11)4(9)5(2)10/h1H. The van der Waals surface area contributed by atoms with Crippen molar-refractivity contribution in [1.29, 1.82) is 0 Å². The Bertz CT molecular complexity index is 272. The zero-order valence-corrected chi connectivity index (χ0v) is 7.23. The van der Waals surface area contributed by atoms with Crippen LogP contribution < -0.4 is 0 Å². The highest BCUT2D eigenvalue weighted by Crippen LogP contribution is 2.30. The van der Waals surface area contributed by atoms with Gasteiger partial charge in [0.2, 0.25) is 0 Å². The lowest BCUT2D eigenvalue weighted by Crippen LogP contribution is -1.86. The minimum Gasteiger partial charge on any atom is -0.204 e. The predicted molar refractivity (Wildman–Crippen MR) is 41.4 cm³/mol. The van der Waals surface area contributed by atoms with Crippen molar-refractivity contribution in [1.82, 2.24) is 0 Å². The van der Waals surface area contributed by atoms with Crippen molar-refractivity contribution in [3.63, 3.8) is 0 Å². The van der Waals surface area contributed by atoms with Crippen LogP contribution in [0, 0.1) is 11.6 Å². The molecule has 5 heteroatoms. The molecule has 0 aliphatic carbocycles. The summed E-state index contributed by atoms with van der Waals surface area (Å²) in [5.74, 6) is -1.98. The normalized spacial score (nSPS) is 10.3.